The van der Waals surface area contributed by atoms with E-state index >= 15 is 0 Å². The Bertz CT molecular complexity index is 1420. The van der Waals surface area contributed by atoms with Crippen LogP contribution in [0.5, 0.6) is 5.75 Å². The third-order valence-electron chi connectivity index (χ3n) is 6.20. The maximum atomic E-state index is 6.80. The molecule has 2 aliphatic rings. The maximum absolute atomic E-state index is 6.80. The summed E-state index contributed by atoms with van der Waals surface area (Å²) in [4.78, 5) is 6.24. The first-order valence-electron chi connectivity index (χ1n) is 10.9. The highest BCUT2D eigenvalue weighted by Gasteiger charge is 2.44. The molecule has 0 aliphatic carbocycles. The molecule has 0 radical (unpaired) electrons. The van der Waals surface area contributed by atoms with Gasteiger partial charge in [-0.2, -0.15) is 0 Å². The molecule has 0 saturated heterocycles. The summed E-state index contributed by atoms with van der Waals surface area (Å²) < 4.78 is 6.69. The van der Waals surface area contributed by atoms with Gasteiger partial charge in [-0.3, -0.25) is 4.99 Å². The molecule has 4 aromatic carbocycles. The topological polar surface area (TPSA) is 21.6 Å². The average molecular weight is 523 g/mol. The third-order valence-corrected chi connectivity index (χ3v) is 8.38. The van der Waals surface area contributed by atoms with Crippen molar-refractivity contribution in [1.82, 2.24) is 0 Å². The molecule has 34 heavy (non-hydrogen) atoms. The zero-order chi connectivity index (χ0) is 23.2. The number of benzene rings is 4. The highest BCUT2D eigenvalue weighted by Crippen LogP contribution is 2.56. The van der Waals surface area contributed by atoms with Crippen LogP contribution in [0.15, 0.2) is 101 Å². The van der Waals surface area contributed by atoms with Gasteiger partial charge in [0.25, 0.3) is 0 Å². The summed E-state index contributed by atoms with van der Waals surface area (Å²) in [5.74, 6) is 0.724. The van der Waals surface area contributed by atoms with Gasteiger partial charge in [0, 0.05) is 30.8 Å². The Morgan fingerprint density at radius 3 is 2.32 bits per heavy atom. The van der Waals surface area contributed by atoms with E-state index in [2.05, 4.69) is 18.2 Å². The number of thioether (sulfide) groups is 1. The zero-order valence-corrected chi connectivity index (χ0v) is 20.9. The van der Waals surface area contributed by atoms with Crippen LogP contribution in [-0.4, -0.2) is 5.71 Å². The maximum Gasteiger partial charge on any atom is 0.134 e. The number of halogens is 3. The number of hydrogen-bond donors (Lipinski definition) is 0. The van der Waals surface area contributed by atoms with E-state index < -0.39 is 0 Å². The summed E-state index contributed by atoms with van der Waals surface area (Å²) in [6.45, 7) is 0. The lowest BCUT2D eigenvalue weighted by atomic mass is 9.80. The van der Waals surface area contributed by atoms with Crippen LogP contribution < -0.4 is 4.74 Å². The highest BCUT2D eigenvalue weighted by atomic mass is 35.5. The summed E-state index contributed by atoms with van der Waals surface area (Å²) in [5, 5.41) is 1.82. The van der Waals surface area contributed by atoms with Crippen molar-refractivity contribution < 1.29 is 4.74 Å². The predicted octanol–water partition coefficient (Wildman–Crippen LogP) is 9.36. The SMILES string of the molecule is Clc1ccc(C2Sc3cc(Cl)ccc3N=C3c4ccccc4OC(c4ccccc4)C32)c(Cl)c1. The fourth-order valence-corrected chi connectivity index (χ4v) is 6.95. The molecule has 0 fully saturated rings. The number of hydrogen-bond acceptors (Lipinski definition) is 3. The quantitative estimate of drug-likeness (QED) is 0.261. The minimum Gasteiger partial charge on any atom is -0.484 e. The first-order valence-corrected chi connectivity index (χ1v) is 12.9. The first kappa shape index (κ1) is 22.1. The van der Waals surface area contributed by atoms with Crippen molar-refractivity contribution in [3.63, 3.8) is 0 Å². The lowest BCUT2D eigenvalue weighted by Gasteiger charge is -2.38. The minimum atomic E-state index is -0.246. The molecule has 4 aromatic rings. The van der Waals surface area contributed by atoms with E-state index in [-0.39, 0.29) is 17.3 Å². The van der Waals surface area contributed by atoms with Crippen molar-refractivity contribution in [2.45, 2.75) is 16.2 Å². The molecule has 168 valence electrons. The van der Waals surface area contributed by atoms with Gasteiger partial charge >= 0.3 is 0 Å². The predicted molar refractivity (Wildman–Crippen MR) is 142 cm³/mol. The third kappa shape index (κ3) is 3.91. The molecule has 6 heteroatoms. The first-order chi connectivity index (χ1) is 16.6. The largest absolute Gasteiger partial charge is 0.484 e. The number of aliphatic imine (C=N–C) groups is 1. The second-order valence-electron chi connectivity index (χ2n) is 8.28. The molecule has 2 aliphatic heterocycles. The van der Waals surface area contributed by atoms with Gasteiger partial charge in [-0.1, -0.05) is 83.3 Å². The van der Waals surface area contributed by atoms with Crippen molar-refractivity contribution >= 4 is 58.0 Å². The molecule has 0 amide bonds. The lowest BCUT2D eigenvalue weighted by molar-refractivity contribution is 0.156. The number of fused-ring (bicyclic) bond motifs is 4. The summed E-state index contributed by atoms with van der Waals surface area (Å²) in [6, 6.07) is 30.0. The van der Waals surface area contributed by atoms with Crippen LogP contribution >= 0.6 is 46.6 Å². The lowest BCUT2D eigenvalue weighted by Crippen LogP contribution is -2.35. The number of ether oxygens (including phenoxy) is 1. The second kappa shape index (κ2) is 8.98. The second-order valence-corrected chi connectivity index (χ2v) is 10.7. The Morgan fingerprint density at radius 2 is 1.50 bits per heavy atom. The minimum absolute atomic E-state index is 0.0817. The molecule has 0 saturated carbocycles. The fraction of sp³-hybridized carbons (Fsp3) is 0.107. The van der Waals surface area contributed by atoms with Gasteiger partial charge in [0.1, 0.15) is 11.9 Å². The van der Waals surface area contributed by atoms with Crippen molar-refractivity contribution in [2.24, 2.45) is 10.9 Å². The van der Waals surface area contributed by atoms with Crippen molar-refractivity contribution in [1.29, 1.82) is 0 Å². The molecular weight excluding hydrogens is 505 g/mol. The van der Waals surface area contributed by atoms with Crippen LogP contribution in [-0.2, 0) is 0 Å². The van der Waals surface area contributed by atoms with E-state index in [4.69, 9.17) is 44.5 Å². The molecule has 3 atom stereocenters. The Hall–Kier alpha value is -2.43. The van der Waals surface area contributed by atoms with E-state index in [1.807, 2.05) is 66.7 Å². The summed E-state index contributed by atoms with van der Waals surface area (Å²) >= 11 is 21.2. The Labute approximate surface area is 217 Å². The monoisotopic (exact) mass is 521 g/mol. The number of nitrogens with zero attached hydrogens (tertiary/aromatic N) is 1. The number of para-hydroxylation sites is 1. The van der Waals surface area contributed by atoms with E-state index in [9.17, 15) is 0 Å². The fourth-order valence-electron chi connectivity index (χ4n) is 4.67. The van der Waals surface area contributed by atoms with Gasteiger partial charge in [-0.15, -0.1) is 11.8 Å². The van der Waals surface area contributed by atoms with E-state index in [0.29, 0.717) is 15.1 Å². The molecule has 0 spiro atoms. The Kier molecular flexibility index (Phi) is 5.82. The van der Waals surface area contributed by atoms with Gasteiger partial charge < -0.3 is 4.74 Å². The van der Waals surface area contributed by atoms with E-state index in [0.717, 1.165) is 38.7 Å². The molecule has 0 aromatic heterocycles. The van der Waals surface area contributed by atoms with Gasteiger partial charge in [0.05, 0.1) is 17.3 Å². The molecular formula is C28H18Cl3NOS. The summed E-state index contributed by atoms with van der Waals surface area (Å²) in [5.41, 5.74) is 4.96. The van der Waals surface area contributed by atoms with Crippen molar-refractivity contribution in [3.8, 4) is 5.75 Å². The molecule has 0 N–H and O–H groups in total. The van der Waals surface area contributed by atoms with Crippen LogP contribution in [0, 0.1) is 5.92 Å². The van der Waals surface area contributed by atoms with E-state index in [1.54, 1.807) is 17.8 Å². The van der Waals surface area contributed by atoms with Crippen molar-refractivity contribution in [3.05, 3.63) is 123 Å². The van der Waals surface area contributed by atoms with Crippen molar-refractivity contribution in [2.75, 3.05) is 0 Å². The summed E-state index contributed by atoms with van der Waals surface area (Å²) in [6.07, 6.45) is -0.246. The standard InChI is InChI=1S/C28H18Cl3NOS/c29-17-10-12-19(21(31)14-17)28-25-26(32-22-13-11-18(30)15-24(22)34-28)20-8-4-5-9-23(20)33-27(25)16-6-2-1-3-7-16/h1-15,25,27-28H. The molecule has 3 unspecified atom stereocenters. The highest BCUT2D eigenvalue weighted by molar-refractivity contribution is 7.99. The van der Waals surface area contributed by atoms with Gasteiger partial charge in [-0.05, 0) is 53.6 Å². The molecule has 0 bridgehead atoms. The molecule has 2 heterocycles. The van der Waals surface area contributed by atoms with Crippen LogP contribution in [0.4, 0.5) is 5.69 Å². The Balaban J connectivity index is 1.63. The van der Waals surface area contributed by atoms with Crippen LogP contribution in [0.2, 0.25) is 15.1 Å². The normalized spacial score (nSPS) is 20.8. The average Bonchev–Trinajstić information content (AvgIpc) is 3.01. The Morgan fingerprint density at radius 1 is 0.765 bits per heavy atom. The van der Waals surface area contributed by atoms with Gasteiger partial charge in [0.2, 0.25) is 0 Å². The smallest absolute Gasteiger partial charge is 0.134 e. The molecule has 6 rings (SSSR count). The molecule has 2 nitrogen and oxygen atoms in total. The number of rotatable bonds is 2. The van der Waals surface area contributed by atoms with Crippen LogP contribution in [0.3, 0.4) is 0 Å². The van der Waals surface area contributed by atoms with E-state index in [1.165, 1.54) is 0 Å². The van der Waals surface area contributed by atoms with Crippen LogP contribution in [0.25, 0.3) is 0 Å². The van der Waals surface area contributed by atoms with Gasteiger partial charge in [0.15, 0.2) is 0 Å². The zero-order valence-electron chi connectivity index (χ0n) is 17.8. The van der Waals surface area contributed by atoms with Crippen LogP contribution in [0.1, 0.15) is 28.0 Å². The van der Waals surface area contributed by atoms with Gasteiger partial charge in [-0.25, -0.2) is 0 Å². The summed E-state index contributed by atoms with van der Waals surface area (Å²) in [7, 11) is 0.